The molecule has 7 rings (SSSR count). The topological polar surface area (TPSA) is 172 Å². The number of hydrogen-bond acceptors (Lipinski definition) is 11. The van der Waals surface area contributed by atoms with Crippen molar-refractivity contribution in [3.8, 4) is 46.1 Å². The average molecular weight is 759 g/mol. The van der Waals surface area contributed by atoms with E-state index in [0.29, 0.717) is 52.1 Å². The number of nitrogens with one attached hydrogen (secondary N) is 1. The largest absolute Gasteiger partial charge is 0.481 e. The lowest BCUT2D eigenvalue weighted by atomic mass is 9.85. The number of hydrogen-bond donors (Lipinski definition) is 3. The molecule has 1 aliphatic heterocycles. The zero-order chi connectivity index (χ0) is 38.5. The van der Waals surface area contributed by atoms with Gasteiger partial charge in [0.15, 0.2) is 0 Å². The van der Waals surface area contributed by atoms with E-state index in [1.807, 2.05) is 42.5 Å². The third-order valence-corrected chi connectivity index (χ3v) is 10.5. The van der Waals surface area contributed by atoms with Gasteiger partial charge in [-0.2, -0.15) is 10.2 Å². The Kier molecular flexibility index (Phi) is 10.9. The number of aliphatic hydroxyl groups is 1. The van der Waals surface area contributed by atoms with Gasteiger partial charge >= 0.3 is 5.97 Å². The second-order valence-corrected chi connectivity index (χ2v) is 14.1. The van der Waals surface area contributed by atoms with Gasteiger partial charge in [0.25, 0.3) is 0 Å². The molecule has 0 spiro atoms. The van der Waals surface area contributed by atoms with Gasteiger partial charge in [-0.05, 0) is 73.6 Å². The summed E-state index contributed by atoms with van der Waals surface area (Å²) in [6.45, 7) is 2.56. The van der Waals surface area contributed by atoms with E-state index in [9.17, 15) is 20.3 Å². The molecule has 0 saturated heterocycles. The van der Waals surface area contributed by atoms with Crippen molar-refractivity contribution in [2.24, 2.45) is 10.4 Å². The second kappa shape index (κ2) is 16.1. The maximum atomic E-state index is 11.9. The van der Waals surface area contributed by atoms with E-state index in [4.69, 9.17) is 35.8 Å². The molecule has 3 N–H and O–H groups in total. The number of carboxylic acid groups (broad SMARTS) is 1. The van der Waals surface area contributed by atoms with Gasteiger partial charge in [-0.3, -0.25) is 14.8 Å². The van der Waals surface area contributed by atoms with Crippen molar-refractivity contribution in [3.05, 3.63) is 118 Å². The van der Waals surface area contributed by atoms with Gasteiger partial charge in [-0.15, -0.1) is 0 Å². The van der Waals surface area contributed by atoms with Crippen molar-refractivity contribution < 1.29 is 29.2 Å². The number of methoxy groups -OCH3 is 1. The van der Waals surface area contributed by atoms with Gasteiger partial charge in [0.05, 0.1) is 47.5 Å². The first-order valence-corrected chi connectivity index (χ1v) is 18.3. The van der Waals surface area contributed by atoms with E-state index in [-0.39, 0.29) is 31.4 Å². The fourth-order valence-corrected chi connectivity index (χ4v) is 7.18. The molecule has 2 atom stereocenters. The minimum absolute atomic E-state index is 0.0799. The number of amidine groups is 1. The maximum absolute atomic E-state index is 11.9. The predicted molar refractivity (Wildman–Crippen MR) is 206 cm³/mol. The van der Waals surface area contributed by atoms with Gasteiger partial charge in [0, 0.05) is 47.3 Å². The van der Waals surface area contributed by atoms with Gasteiger partial charge in [-0.25, -0.2) is 4.98 Å². The van der Waals surface area contributed by atoms with Crippen LogP contribution in [-0.4, -0.2) is 63.8 Å². The number of aliphatic carboxylic acids is 1. The highest BCUT2D eigenvalue weighted by Gasteiger charge is 2.33. The number of aromatic nitrogens is 3. The molecule has 55 heavy (non-hydrogen) atoms. The number of carboxylic acids is 1. The first-order chi connectivity index (χ1) is 26.7. The van der Waals surface area contributed by atoms with Crippen molar-refractivity contribution in [3.63, 3.8) is 0 Å². The summed E-state index contributed by atoms with van der Waals surface area (Å²) >= 11 is 7.17. The SMILES string of the molecule is COc1nc(-c2cccc(-c3cccc4c3CC[C@@H]4Oc3ccc(CC[C@@](C)(CO)C(=O)O)c(OCc4cncc(C#N)c4)n3)c2Cl)ccc1C1=NCCN1. The molecule has 3 aromatic heterocycles. The molecule has 0 radical (unpaired) electrons. The monoisotopic (exact) mass is 758 g/mol. The van der Waals surface area contributed by atoms with Gasteiger partial charge in [0.2, 0.25) is 17.6 Å². The molecule has 0 saturated carbocycles. The molecular weight excluding hydrogens is 720 g/mol. The lowest BCUT2D eigenvalue weighted by Crippen LogP contribution is -2.32. The fourth-order valence-electron chi connectivity index (χ4n) is 6.86. The van der Waals surface area contributed by atoms with Crippen LogP contribution in [0.4, 0.5) is 0 Å². The molecule has 0 amide bonds. The van der Waals surface area contributed by atoms with Crippen molar-refractivity contribution in [2.75, 3.05) is 26.8 Å². The highest BCUT2D eigenvalue weighted by atomic mass is 35.5. The van der Waals surface area contributed by atoms with Crippen molar-refractivity contribution in [1.29, 1.82) is 5.26 Å². The van der Waals surface area contributed by atoms with Crippen LogP contribution in [0.2, 0.25) is 5.02 Å². The van der Waals surface area contributed by atoms with Crippen LogP contribution < -0.4 is 19.5 Å². The first kappa shape index (κ1) is 37.3. The second-order valence-electron chi connectivity index (χ2n) is 13.7. The fraction of sp³-hybridized carbons (Fsp3) is 0.286. The highest BCUT2D eigenvalue weighted by Crippen LogP contribution is 2.44. The van der Waals surface area contributed by atoms with E-state index < -0.39 is 18.0 Å². The van der Waals surface area contributed by atoms with Crippen molar-refractivity contribution >= 4 is 23.4 Å². The third-order valence-electron chi connectivity index (χ3n) is 10.1. The number of fused-ring (bicyclic) bond motifs is 1. The van der Waals surface area contributed by atoms with Crippen LogP contribution in [-0.2, 0) is 24.2 Å². The molecule has 0 fully saturated rings. The van der Waals surface area contributed by atoms with Gasteiger partial charge in [-0.1, -0.05) is 48.0 Å². The van der Waals surface area contributed by atoms with Crippen LogP contribution >= 0.6 is 11.6 Å². The molecule has 13 heteroatoms. The van der Waals surface area contributed by atoms with Gasteiger partial charge < -0.3 is 29.7 Å². The molecule has 1 aliphatic carbocycles. The number of aliphatic imine (C=N–C) groups is 1. The van der Waals surface area contributed by atoms with Gasteiger partial charge in [0.1, 0.15) is 24.6 Å². The Hall–Kier alpha value is -6.03. The Balaban J connectivity index is 1.15. The summed E-state index contributed by atoms with van der Waals surface area (Å²) in [5.74, 6) is 0.763. The number of pyridine rings is 3. The summed E-state index contributed by atoms with van der Waals surface area (Å²) < 4.78 is 18.3. The molecule has 0 unspecified atom stereocenters. The van der Waals surface area contributed by atoms with Crippen LogP contribution in [0.1, 0.15) is 59.3 Å². The molecule has 2 aliphatic rings. The molecule has 0 bridgehead atoms. The molecule has 5 aromatic rings. The number of ether oxygens (including phenoxy) is 3. The van der Waals surface area contributed by atoms with Crippen molar-refractivity contribution in [2.45, 2.75) is 45.3 Å². The minimum atomic E-state index is -1.33. The summed E-state index contributed by atoms with van der Waals surface area (Å²) in [7, 11) is 1.59. The molecular formula is C42H39ClN6O6. The summed E-state index contributed by atoms with van der Waals surface area (Å²) in [5.41, 5.74) is 6.72. The number of carbonyl (C=O) groups is 1. The summed E-state index contributed by atoms with van der Waals surface area (Å²) in [4.78, 5) is 30.0. The van der Waals surface area contributed by atoms with Crippen LogP contribution in [0, 0.1) is 16.7 Å². The van der Waals surface area contributed by atoms with E-state index in [1.165, 1.54) is 13.1 Å². The number of nitriles is 1. The number of nitrogens with zero attached hydrogens (tertiary/aromatic N) is 5. The predicted octanol–water partition coefficient (Wildman–Crippen LogP) is 6.75. The number of halogens is 1. The van der Waals surface area contributed by atoms with E-state index >= 15 is 0 Å². The molecule has 12 nitrogen and oxygen atoms in total. The summed E-state index contributed by atoms with van der Waals surface area (Å²) in [6, 6.07) is 23.3. The minimum Gasteiger partial charge on any atom is -0.481 e. The normalized spacial score (nSPS) is 15.6. The maximum Gasteiger partial charge on any atom is 0.311 e. The Morgan fingerprint density at radius 3 is 2.62 bits per heavy atom. The van der Waals surface area contributed by atoms with Crippen LogP contribution in [0.25, 0.3) is 22.4 Å². The smallest absolute Gasteiger partial charge is 0.311 e. The molecule has 2 aromatic carbocycles. The number of aliphatic hydroxyl groups excluding tert-OH is 1. The zero-order valence-electron chi connectivity index (χ0n) is 30.4. The zero-order valence-corrected chi connectivity index (χ0v) is 31.1. The van der Waals surface area contributed by atoms with Crippen LogP contribution in [0.3, 0.4) is 0 Å². The van der Waals surface area contributed by atoms with E-state index in [1.54, 1.807) is 25.4 Å². The Morgan fingerprint density at radius 1 is 1.04 bits per heavy atom. The standard InChI is InChI=1S/C42H39ClN6O6/c1-42(24-50,41(51)52)16-15-27-9-14-36(49-39(27)54-23-26-19-25(20-44)21-45-22-26)55-35-13-11-29-28(5-3-6-30(29)35)31-7-4-8-32(37(31)43)34-12-10-33(40(48-34)53-2)38-46-17-18-47-38/h3-10,12,14,19,21-22,35,50H,11,13,15-18,23-24H2,1-2H3,(H,46,47)(H,51,52)/t35-,42-/m0/s1. The Morgan fingerprint density at radius 2 is 1.85 bits per heavy atom. The molecule has 4 heterocycles. The average Bonchev–Trinajstić information content (AvgIpc) is 3.90. The van der Waals surface area contributed by atoms with E-state index in [2.05, 4.69) is 33.5 Å². The highest BCUT2D eigenvalue weighted by molar-refractivity contribution is 6.36. The number of aryl methyl sites for hydroxylation is 1. The third kappa shape index (κ3) is 7.80. The number of benzene rings is 2. The Bertz CT molecular complexity index is 2330. The Labute approximate surface area is 323 Å². The van der Waals surface area contributed by atoms with Crippen LogP contribution in [0.5, 0.6) is 17.6 Å². The lowest BCUT2D eigenvalue weighted by Gasteiger charge is -2.22. The number of rotatable bonds is 14. The first-order valence-electron chi connectivity index (χ1n) is 17.9. The summed E-state index contributed by atoms with van der Waals surface area (Å²) in [5, 5.41) is 32.7. The van der Waals surface area contributed by atoms with Crippen molar-refractivity contribution in [1.82, 2.24) is 20.3 Å². The lowest BCUT2D eigenvalue weighted by molar-refractivity contribution is -0.150. The van der Waals surface area contributed by atoms with Crippen LogP contribution in [0.15, 0.2) is 84.1 Å². The van der Waals surface area contributed by atoms with E-state index in [0.717, 1.165) is 52.2 Å². The quantitative estimate of drug-likeness (QED) is 0.109. The molecule has 280 valence electrons. The summed E-state index contributed by atoms with van der Waals surface area (Å²) in [6.07, 6.45) is 4.69.